The van der Waals surface area contributed by atoms with Crippen LogP contribution in [-0.4, -0.2) is 27.7 Å². The van der Waals surface area contributed by atoms with Crippen molar-refractivity contribution in [3.05, 3.63) is 26.3 Å². The number of hydrogen-bond donors (Lipinski definition) is 2. The number of aromatic nitrogens is 1. The topological polar surface area (TPSA) is 88.3 Å². The maximum absolute atomic E-state index is 10.8. The Labute approximate surface area is 114 Å². The van der Waals surface area contributed by atoms with Crippen LogP contribution in [0, 0.1) is 23.0 Å². The highest BCUT2D eigenvalue weighted by molar-refractivity contribution is 9.10. The summed E-state index contributed by atoms with van der Waals surface area (Å²) in [4.78, 5) is 14.3. The number of hydrogen-bond acceptors (Lipinski definition) is 5. The maximum atomic E-state index is 10.8. The molecule has 0 saturated carbocycles. The molecule has 1 rings (SSSR count). The van der Waals surface area contributed by atoms with Crippen molar-refractivity contribution in [2.75, 3.05) is 11.9 Å². The van der Waals surface area contributed by atoms with Gasteiger partial charge in [-0.3, -0.25) is 10.1 Å². The summed E-state index contributed by atoms with van der Waals surface area (Å²) < 4.78 is 0.552. The van der Waals surface area contributed by atoms with Crippen molar-refractivity contribution >= 4 is 27.4 Å². The molecule has 2 N–H and O–H groups in total. The smallest absolute Gasteiger partial charge is 0.291 e. The lowest BCUT2D eigenvalue weighted by Crippen LogP contribution is -2.30. The molecule has 0 saturated heterocycles. The standard InChI is InChI=1S/C11H16BrN3O3/c1-6(2)8(5-16)14-11-10(12)7(3)9(4-13-11)15(17)18/h4,6,8,16H,5H2,1-3H3,(H,13,14). The molecular formula is C11H16BrN3O3. The second-order valence-corrected chi connectivity index (χ2v) is 5.16. The number of rotatable bonds is 5. The van der Waals surface area contributed by atoms with Gasteiger partial charge >= 0.3 is 0 Å². The van der Waals surface area contributed by atoms with Gasteiger partial charge < -0.3 is 10.4 Å². The Morgan fingerprint density at radius 2 is 2.22 bits per heavy atom. The molecular weight excluding hydrogens is 302 g/mol. The number of nitro groups is 1. The monoisotopic (exact) mass is 317 g/mol. The van der Waals surface area contributed by atoms with E-state index >= 15 is 0 Å². The van der Waals surface area contributed by atoms with Crippen molar-refractivity contribution in [3.63, 3.8) is 0 Å². The van der Waals surface area contributed by atoms with Gasteiger partial charge in [-0.1, -0.05) is 13.8 Å². The Bertz CT molecular complexity index is 451. The van der Waals surface area contributed by atoms with E-state index in [-0.39, 0.29) is 24.3 Å². The molecule has 1 aromatic heterocycles. The predicted molar refractivity (Wildman–Crippen MR) is 72.7 cm³/mol. The van der Waals surface area contributed by atoms with Crippen LogP contribution in [0.3, 0.4) is 0 Å². The van der Waals surface area contributed by atoms with Gasteiger partial charge in [-0.2, -0.15) is 0 Å². The van der Waals surface area contributed by atoms with Crippen molar-refractivity contribution in [1.29, 1.82) is 0 Å². The highest BCUT2D eigenvalue weighted by Crippen LogP contribution is 2.31. The van der Waals surface area contributed by atoms with Crippen LogP contribution in [0.1, 0.15) is 19.4 Å². The Kier molecular flexibility index (Phi) is 5.03. The Morgan fingerprint density at radius 3 is 2.67 bits per heavy atom. The first kappa shape index (κ1) is 14.8. The predicted octanol–water partition coefficient (Wildman–Crippen LogP) is 2.49. The molecule has 18 heavy (non-hydrogen) atoms. The summed E-state index contributed by atoms with van der Waals surface area (Å²) in [7, 11) is 0. The molecule has 100 valence electrons. The van der Waals surface area contributed by atoms with E-state index in [1.165, 1.54) is 6.20 Å². The summed E-state index contributed by atoms with van der Waals surface area (Å²) in [6.45, 7) is 5.57. The third-order valence-electron chi connectivity index (χ3n) is 2.76. The van der Waals surface area contributed by atoms with Gasteiger partial charge in [0.2, 0.25) is 0 Å². The highest BCUT2D eigenvalue weighted by Gasteiger charge is 2.20. The molecule has 1 aromatic rings. The number of anilines is 1. The Balaban J connectivity index is 3.05. The van der Waals surface area contributed by atoms with Crippen molar-refractivity contribution in [2.24, 2.45) is 5.92 Å². The quantitative estimate of drug-likeness (QED) is 0.643. The zero-order valence-corrected chi connectivity index (χ0v) is 12.1. The third-order valence-corrected chi connectivity index (χ3v) is 3.73. The third kappa shape index (κ3) is 3.17. The van der Waals surface area contributed by atoms with Gasteiger partial charge in [0.05, 0.1) is 22.0 Å². The van der Waals surface area contributed by atoms with Gasteiger partial charge in [0.15, 0.2) is 0 Å². The SMILES string of the molecule is Cc1c([N+](=O)[O-])cnc(NC(CO)C(C)C)c1Br. The minimum Gasteiger partial charge on any atom is -0.394 e. The minimum absolute atomic E-state index is 0.0260. The Morgan fingerprint density at radius 1 is 1.61 bits per heavy atom. The van der Waals surface area contributed by atoms with Gasteiger partial charge in [-0.05, 0) is 28.8 Å². The van der Waals surface area contributed by atoms with Gasteiger partial charge in [-0.25, -0.2) is 4.98 Å². The van der Waals surface area contributed by atoms with E-state index in [0.29, 0.717) is 15.9 Å². The number of halogens is 1. The lowest BCUT2D eigenvalue weighted by atomic mass is 10.1. The molecule has 0 amide bonds. The molecule has 7 heteroatoms. The number of aliphatic hydroxyl groups is 1. The van der Waals surface area contributed by atoms with Crippen LogP contribution >= 0.6 is 15.9 Å². The van der Waals surface area contributed by atoms with Crippen LogP contribution in [0.2, 0.25) is 0 Å². The van der Waals surface area contributed by atoms with Crippen molar-refractivity contribution in [2.45, 2.75) is 26.8 Å². The fourth-order valence-corrected chi connectivity index (χ4v) is 1.87. The first-order valence-electron chi connectivity index (χ1n) is 5.55. The molecule has 0 aromatic carbocycles. The van der Waals surface area contributed by atoms with E-state index < -0.39 is 4.92 Å². The first-order chi connectivity index (χ1) is 8.38. The fourth-order valence-electron chi connectivity index (χ4n) is 1.45. The summed E-state index contributed by atoms with van der Waals surface area (Å²) >= 11 is 3.30. The van der Waals surface area contributed by atoms with E-state index in [0.717, 1.165) is 0 Å². The highest BCUT2D eigenvalue weighted by atomic mass is 79.9. The average molecular weight is 318 g/mol. The van der Waals surface area contributed by atoms with Gasteiger partial charge in [-0.15, -0.1) is 0 Å². The van der Waals surface area contributed by atoms with Crippen LogP contribution < -0.4 is 5.32 Å². The molecule has 1 heterocycles. The number of nitrogens with zero attached hydrogens (tertiary/aromatic N) is 2. The van der Waals surface area contributed by atoms with Crippen molar-refractivity contribution < 1.29 is 10.0 Å². The second kappa shape index (κ2) is 6.10. The zero-order chi connectivity index (χ0) is 13.9. The summed E-state index contributed by atoms with van der Waals surface area (Å²) in [6.07, 6.45) is 1.22. The normalized spacial score (nSPS) is 12.6. The van der Waals surface area contributed by atoms with Crippen LogP contribution in [0.15, 0.2) is 10.7 Å². The second-order valence-electron chi connectivity index (χ2n) is 4.37. The van der Waals surface area contributed by atoms with Crippen LogP contribution in [0.5, 0.6) is 0 Å². The molecule has 0 fully saturated rings. The molecule has 0 spiro atoms. The van der Waals surface area contributed by atoms with E-state index in [1.807, 2.05) is 13.8 Å². The van der Waals surface area contributed by atoms with Gasteiger partial charge in [0, 0.05) is 5.56 Å². The van der Waals surface area contributed by atoms with E-state index in [9.17, 15) is 15.2 Å². The lowest BCUT2D eigenvalue weighted by molar-refractivity contribution is -0.385. The van der Waals surface area contributed by atoms with Gasteiger partial charge in [0.25, 0.3) is 5.69 Å². The van der Waals surface area contributed by atoms with E-state index in [2.05, 4.69) is 26.2 Å². The lowest BCUT2D eigenvalue weighted by Gasteiger charge is -2.21. The summed E-state index contributed by atoms with van der Waals surface area (Å²) in [5.74, 6) is 0.727. The minimum atomic E-state index is -0.469. The molecule has 0 aliphatic carbocycles. The summed E-state index contributed by atoms with van der Waals surface area (Å²) in [5.41, 5.74) is 0.482. The van der Waals surface area contributed by atoms with Crippen molar-refractivity contribution in [3.8, 4) is 0 Å². The van der Waals surface area contributed by atoms with Crippen LogP contribution in [-0.2, 0) is 0 Å². The van der Waals surface area contributed by atoms with Gasteiger partial charge in [0.1, 0.15) is 12.0 Å². The van der Waals surface area contributed by atoms with Crippen LogP contribution in [0.4, 0.5) is 11.5 Å². The summed E-state index contributed by atoms with van der Waals surface area (Å²) in [5, 5.41) is 23.1. The largest absolute Gasteiger partial charge is 0.394 e. The molecule has 0 bridgehead atoms. The maximum Gasteiger partial charge on any atom is 0.291 e. The molecule has 6 nitrogen and oxygen atoms in total. The molecule has 0 radical (unpaired) electrons. The molecule has 1 atom stereocenters. The molecule has 1 unspecified atom stereocenters. The number of pyridine rings is 1. The first-order valence-corrected chi connectivity index (χ1v) is 6.34. The average Bonchev–Trinajstić information content (AvgIpc) is 2.30. The van der Waals surface area contributed by atoms with E-state index in [1.54, 1.807) is 6.92 Å². The number of nitrogens with one attached hydrogen (secondary N) is 1. The zero-order valence-electron chi connectivity index (χ0n) is 10.5. The molecule has 0 aliphatic heterocycles. The Hall–Kier alpha value is -1.21. The molecule has 0 aliphatic rings. The number of aliphatic hydroxyl groups excluding tert-OH is 1. The summed E-state index contributed by atoms with van der Waals surface area (Å²) in [6, 6.07) is -0.144. The van der Waals surface area contributed by atoms with Crippen molar-refractivity contribution in [1.82, 2.24) is 4.98 Å². The fraction of sp³-hybridized carbons (Fsp3) is 0.545. The van der Waals surface area contributed by atoms with Crippen LogP contribution in [0.25, 0.3) is 0 Å². The van der Waals surface area contributed by atoms with E-state index in [4.69, 9.17) is 0 Å².